The Morgan fingerprint density at radius 3 is 2.31 bits per heavy atom. The van der Waals surface area contributed by atoms with Crippen LogP contribution in [0.15, 0.2) is 72.0 Å². The summed E-state index contributed by atoms with van der Waals surface area (Å²) >= 11 is 0. The number of nitrogens with zero attached hydrogens (tertiary/aromatic N) is 6. The lowest BCUT2D eigenvalue weighted by Crippen LogP contribution is -2.25. The number of nitrogens with one attached hydrogen (secondary N) is 1. The quantitative estimate of drug-likeness (QED) is 0.184. The lowest BCUT2D eigenvalue weighted by Gasteiger charge is -2.16. The van der Waals surface area contributed by atoms with Crippen LogP contribution in [0.1, 0.15) is 42.8 Å². The van der Waals surface area contributed by atoms with Crippen molar-refractivity contribution >= 4 is 16.7 Å². The van der Waals surface area contributed by atoms with Gasteiger partial charge < -0.3 is 14.5 Å². The number of imidazole rings is 1. The monoisotopic (exact) mass is 645 g/mol. The number of pyridine rings is 2. The molecule has 0 bridgehead atoms. The van der Waals surface area contributed by atoms with Crippen molar-refractivity contribution in [2.45, 2.75) is 32.1 Å². The highest BCUT2D eigenvalue weighted by atomic mass is 19.1. The van der Waals surface area contributed by atoms with Crippen LogP contribution in [-0.2, 0) is 6.42 Å². The van der Waals surface area contributed by atoms with Gasteiger partial charge in [0.05, 0.1) is 28.6 Å². The molecule has 0 spiro atoms. The van der Waals surface area contributed by atoms with Gasteiger partial charge in [-0.15, -0.1) is 0 Å². The van der Waals surface area contributed by atoms with E-state index in [4.69, 9.17) is 24.4 Å². The third kappa shape index (κ3) is 6.68. The summed E-state index contributed by atoms with van der Waals surface area (Å²) in [5, 5.41) is 0. The summed E-state index contributed by atoms with van der Waals surface area (Å²) in [4.78, 5) is 27.8. The zero-order valence-electron chi connectivity index (χ0n) is 27.1. The molecule has 3 aromatic heterocycles. The van der Waals surface area contributed by atoms with Crippen molar-refractivity contribution in [1.29, 1.82) is 0 Å². The van der Waals surface area contributed by atoms with Crippen molar-refractivity contribution in [1.82, 2.24) is 29.7 Å². The predicted molar refractivity (Wildman–Crippen MR) is 186 cm³/mol. The molecule has 5 aromatic rings. The van der Waals surface area contributed by atoms with Crippen LogP contribution in [-0.4, -0.2) is 94.5 Å². The second-order valence-corrected chi connectivity index (χ2v) is 12.9. The van der Waals surface area contributed by atoms with Crippen LogP contribution < -0.4 is 9.47 Å². The molecule has 3 aliphatic rings. The highest BCUT2D eigenvalue weighted by molar-refractivity contribution is 6.12. The molecule has 0 radical (unpaired) electrons. The van der Waals surface area contributed by atoms with E-state index < -0.39 is 0 Å². The number of hydrogen-bond acceptors (Lipinski definition) is 8. The number of H-pyrrole nitrogens is 1. The van der Waals surface area contributed by atoms with Crippen LogP contribution in [0.25, 0.3) is 33.4 Å². The summed E-state index contributed by atoms with van der Waals surface area (Å²) < 4.78 is 26.9. The first-order valence-corrected chi connectivity index (χ1v) is 17.2. The van der Waals surface area contributed by atoms with Gasteiger partial charge in [0, 0.05) is 43.0 Å². The maximum Gasteiger partial charge on any atom is 0.159 e. The van der Waals surface area contributed by atoms with Crippen LogP contribution >= 0.6 is 0 Å². The van der Waals surface area contributed by atoms with Gasteiger partial charge in [0.25, 0.3) is 0 Å². The van der Waals surface area contributed by atoms with E-state index in [0.717, 1.165) is 102 Å². The molecule has 246 valence electrons. The Labute approximate surface area is 279 Å². The summed E-state index contributed by atoms with van der Waals surface area (Å²) in [6.07, 6.45) is 9.38. The smallest absolute Gasteiger partial charge is 0.159 e. The third-order valence-corrected chi connectivity index (χ3v) is 9.53. The molecule has 0 amide bonds. The van der Waals surface area contributed by atoms with Crippen molar-refractivity contribution in [3.8, 4) is 33.9 Å². The Bertz CT molecular complexity index is 1950. The Morgan fingerprint density at radius 2 is 1.52 bits per heavy atom. The molecule has 2 aromatic carbocycles. The minimum atomic E-state index is -0.339. The van der Waals surface area contributed by atoms with Gasteiger partial charge in [-0.2, -0.15) is 0 Å². The number of benzene rings is 2. The van der Waals surface area contributed by atoms with Crippen LogP contribution in [0.3, 0.4) is 0 Å². The van der Waals surface area contributed by atoms with E-state index >= 15 is 0 Å². The Kier molecular flexibility index (Phi) is 8.83. The largest absolute Gasteiger partial charge is 0.492 e. The number of aliphatic imine (C=N–C) groups is 1. The summed E-state index contributed by atoms with van der Waals surface area (Å²) in [6, 6.07) is 17.0. The van der Waals surface area contributed by atoms with E-state index in [2.05, 4.69) is 25.8 Å². The van der Waals surface area contributed by atoms with Crippen LogP contribution in [0.4, 0.5) is 4.39 Å². The minimum absolute atomic E-state index is 0.339. The number of aromatic nitrogens is 4. The van der Waals surface area contributed by atoms with Gasteiger partial charge >= 0.3 is 0 Å². The van der Waals surface area contributed by atoms with Gasteiger partial charge in [-0.3, -0.25) is 19.8 Å². The second-order valence-electron chi connectivity index (χ2n) is 12.9. The molecular weight excluding hydrogens is 605 g/mol. The minimum Gasteiger partial charge on any atom is -0.492 e. The van der Waals surface area contributed by atoms with E-state index in [1.54, 1.807) is 6.20 Å². The van der Waals surface area contributed by atoms with Crippen molar-refractivity contribution in [2.24, 2.45) is 4.99 Å². The van der Waals surface area contributed by atoms with Crippen molar-refractivity contribution < 1.29 is 13.9 Å². The normalized spacial score (nSPS) is 16.7. The number of fused-ring (bicyclic) bond motifs is 2. The molecule has 10 heteroatoms. The van der Waals surface area contributed by atoms with Crippen molar-refractivity contribution in [3.05, 3.63) is 89.9 Å². The molecule has 8 rings (SSSR count). The van der Waals surface area contributed by atoms with Crippen LogP contribution in [0.2, 0.25) is 0 Å². The molecule has 2 fully saturated rings. The summed E-state index contributed by atoms with van der Waals surface area (Å²) in [5.74, 6) is 1.56. The molecule has 0 aliphatic carbocycles. The fraction of sp³-hybridized carbons (Fsp3) is 0.368. The number of halogens is 1. The molecule has 0 unspecified atom stereocenters. The first-order chi connectivity index (χ1) is 23.7. The highest BCUT2D eigenvalue weighted by Crippen LogP contribution is 2.32. The number of ether oxygens (including phenoxy) is 2. The maximum atomic E-state index is 14.9. The lowest BCUT2D eigenvalue weighted by molar-refractivity contribution is 0.237. The van der Waals surface area contributed by atoms with E-state index in [0.29, 0.717) is 31.3 Å². The number of likely N-dealkylation sites (tertiary alicyclic amines) is 2. The zero-order chi connectivity index (χ0) is 32.3. The predicted octanol–water partition coefficient (Wildman–Crippen LogP) is 6.17. The third-order valence-electron chi connectivity index (χ3n) is 9.53. The second kappa shape index (κ2) is 13.8. The average Bonchev–Trinajstić information content (AvgIpc) is 3.91. The molecule has 0 atom stereocenters. The number of para-hydroxylation sites is 1. The van der Waals surface area contributed by atoms with Crippen LogP contribution in [0, 0.1) is 5.82 Å². The average molecular weight is 646 g/mol. The number of hydrogen-bond donors (Lipinski definition) is 1. The van der Waals surface area contributed by atoms with E-state index in [1.165, 1.54) is 37.8 Å². The highest BCUT2D eigenvalue weighted by Gasteiger charge is 2.23. The van der Waals surface area contributed by atoms with Crippen molar-refractivity contribution in [2.75, 3.05) is 59.0 Å². The molecule has 1 N–H and O–H groups in total. The molecule has 9 nitrogen and oxygen atoms in total. The summed E-state index contributed by atoms with van der Waals surface area (Å²) in [6.45, 7) is 8.09. The lowest BCUT2D eigenvalue weighted by atomic mass is 10.0. The fourth-order valence-corrected chi connectivity index (χ4v) is 7.02. The van der Waals surface area contributed by atoms with Crippen molar-refractivity contribution in [3.63, 3.8) is 0 Å². The molecular formula is C38H40FN7O2. The Hall–Kier alpha value is -4.67. The van der Waals surface area contributed by atoms with Gasteiger partial charge in [0.2, 0.25) is 0 Å². The van der Waals surface area contributed by atoms with Gasteiger partial charge in [-0.1, -0.05) is 18.2 Å². The summed E-state index contributed by atoms with van der Waals surface area (Å²) in [7, 11) is 0. The number of rotatable bonds is 11. The Morgan fingerprint density at radius 1 is 0.771 bits per heavy atom. The van der Waals surface area contributed by atoms with Gasteiger partial charge in [0.1, 0.15) is 36.2 Å². The van der Waals surface area contributed by atoms with Crippen LogP contribution in [0.5, 0.6) is 11.5 Å². The molecule has 0 saturated carbocycles. The van der Waals surface area contributed by atoms with Gasteiger partial charge in [0.15, 0.2) is 5.82 Å². The van der Waals surface area contributed by atoms with E-state index in [-0.39, 0.29) is 5.82 Å². The molecule has 6 heterocycles. The molecule has 48 heavy (non-hydrogen) atoms. The van der Waals surface area contributed by atoms with E-state index in [9.17, 15) is 4.39 Å². The standard InChI is InChI=1S/C38H40FN7O2/c39-29-20-27(21-30(23-29)47-18-16-45-12-1-2-13-45)32-6-5-7-34-36(32)44-38(43-34)37-35-26(10-11-41-37)8-9-33(42-35)28-22-31(25-40-24-28)48-19-17-46-14-3-4-15-46/h5-9,20-25H,1-4,10-19H2,(H,43,44). The molecule has 3 aliphatic heterocycles. The Balaban J connectivity index is 1.04. The summed E-state index contributed by atoms with van der Waals surface area (Å²) in [5.41, 5.74) is 7.47. The van der Waals surface area contributed by atoms with Gasteiger partial charge in [-0.25, -0.2) is 14.4 Å². The maximum absolute atomic E-state index is 14.9. The number of aromatic amines is 1. The zero-order valence-corrected chi connectivity index (χ0v) is 27.1. The van der Waals surface area contributed by atoms with E-state index in [1.807, 2.05) is 42.6 Å². The first kappa shape index (κ1) is 30.7. The SMILES string of the molecule is Fc1cc(OCCN2CCCC2)cc(-c2cccc3[nH]c(C4=NCCc5ccc(-c6cncc(OCCN7CCCC7)c6)nc54)nc23)c1. The van der Waals surface area contributed by atoms with Gasteiger partial charge in [-0.05, 0) is 99.7 Å². The fourth-order valence-electron chi connectivity index (χ4n) is 7.02. The topological polar surface area (TPSA) is 91.8 Å². The first-order valence-electron chi connectivity index (χ1n) is 17.2. The molecule has 2 saturated heterocycles.